The van der Waals surface area contributed by atoms with Gasteiger partial charge in [-0.05, 0) is 6.42 Å². The Morgan fingerprint density at radius 3 is 2.62 bits per heavy atom. The van der Waals surface area contributed by atoms with E-state index in [0.717, 1.165) is 12.8 Å². The Morgan fingerprint density at radius 1 is 1.15 bits per heavy atom. The van der Waals surface area contributed by atoms with Crippen LogP contribution in [0, 0.1) is 11.8 Å². The van der Waals surface area contributed by atoms with Crippen molar-refractivity contribution in [3.63, 3.8) is 0 Å². The largest absolute Gasteiger partial charge is 0.395 e. The van der Waals surface area contributed by atoms with Crippen molar-refractivity contribution in [1.82, 2.24) is 0 Å². The van der Waals surface area contributed by atoms with Crippen molar-refractivity contribution >= 4 is 0 Å². The fraction of sp³-hybridized carbons (Fsp3) is 0.500. The summed E-state index contributed by atoms with van der Waals surface area (Å²) >= 11 is 0. The van der Waals surface area contributed by atoms with Crippen LogP contribution in [0.3, 0.4) is 0 Å². The lowest BCUT2D eigenvalue weighted by Gasteiger charge is -1.80. The van der Waals surface area contributed by atoms with Gasteiger partial charge >= 0.3 is 0 Å². The molecule has 0 saturated heterocycles. The topological polar surface area (TPSA) is 20.2 Å². The van der Waals surface area contributed by atoms with E-state index in [1.807, 2.05) is 12.2 Å². The number of unbranched alkanes of at least 4 members (excludes halogenated alkanes) is 1. The quantitative estimate of drug-likeness (QED) is 0.507. The third kappa shape index (κ3) is 11.0. The van der Waals surface area contributed by atoms with Crippen LogP contribution in [0.5, 0.6) is 0 Å². The SMILES string of the molecule is CCC/C=C\C=C/CC#CCCO. The molecule has 0 amide bonds. The van der Waals surface area contributed by atoms with Gasteiger partial charge in [-0.3, -0.25) is 0 Å². The van der Waals surface area contributed by atoms with E-state index in [1.165, 1.54) is 6.42 Å². The first-order valence-corrected chi connectivity index (χ1v) is 4.80. The summed E-state index contributed by atoms with van der Waals surface area (Å²) in [7, 11) is 0. The molecule has 0 saturated carbocycles. The molecule has 13 heavy (non-hydrogen) atoms. The van der Waals surface area contributed by atoms with Gasteiger partial charge in [-0.1, -0.05) is 43.6 Å². The minimum Gasteiger partial charge on any atom is -0.395 e. The number of aliphatic hydroxyl groups excluding tert-OH is 1. The van der Waals surface area contributed by atoms with Crippen molar-refractivity contribution in [1.29, 1.82) is 0 Å². The van der Waals surface area contributed by atoms with Gasteiger partial charge in [-0.2, -0.15) is 0 Å². The Morgan fingerprint density at radius 2 is 1.92 bits per heavy atom. The second-order valence-electron chi connectivity index (χ2n) is 2.68. The Kier molecular flexibility index (Phi) is 10.2. The minimum atomic E-state index is 0.160. The number of aliphatic hydroxyl groups is 1. The molecule has 0 radical (unpaired) electrons. The van der Waals surface area contributed by atoms with Crippen molar-refractivity contribution in [3.05, 3.63) is 24.3 Å². The molecule has 0 fully saturated rings. The Labute approximate surface area is 81.2 Å². The van der Waals surface area contributed by atoms with Crippen LogP contribution in [0.1, 0.15) is 32.6 Å². The van der Waals surface area contributed by atoms with Crippen molar-refractivity contribution in [2.24, 2.45) is 0 Å². The molecule has 0 aromatic heterocycles. The van der Waals surface area contributed by atoms with Gasteiger partial charge in [0.15, 0.2) is 0 Å². The lowest BCUT2D eigenvalue weighted by atomic mass is 10.3. The van der Waals surface area contributed by atoms with E-state index >= 15 is 0 Å². The van der Waals surface area contributed by atoms with Crippen molar-refractivity contribution < 1.29 is 5.11 Å². The zero-order valence-corrected chi connectivity index (χ0v) is 8.29. The summed E-state index contributed by atoms with van der Waals surface area (Å²) in [6.45, 7) is 2.32. The molecule has 0 aliphatic heterocycles. The van der Waals surface area contributed by atoms with Gasteiger partial charge in [0.05, 0.1) is 6.61 Å². The van der Waals surface area contributed by atoms with Gasteiger partial charge in [0.2, 0.25) is 0 Å². The summed E-state index contributed by atoms with van der Waals surface area (Å²) < 4.78 is 0. The van der Waals surface area contributed by atoms with Crippen LogP contribution in [0.25, 0.3) is 0 Å². The van der Waals surface area contributed by atoms with E-state index in [4.69, 9.17) is 5.11 Å². The lowest BCUT2D eigenvalue weighted by Crippen LogP contribution is -1.74. The molecule has 0 unspecified atom stereocenters. The third-order valence-electron chi connectivity index (χ3n) is 1.42. The van der Waals surface area contributed by atoms with Gasteiger partial charge < -0.3 is 5.11 Å². The molecule has 0 rings (SSSR count). The van der Waals surface area contributed by atoms with Crippen molar-refractivity contribution in [2.75, 3.05) is 6.61 Å². The highest BCUT2D eigenvalue weighted by Crippen LogP contribution is 1.89. The van der Waals surface area contributed by atoms with Crippen LogP contribution in [-0.4, -0.2) is 11.7 Å². The van der Waals surface area contributed by atoms with E-state index in [2.05, 4.69) is 30.9 Å². The van der Waals surface area contributed by atoms with Crippen LogP contribution >= 0.6 is 0 Å². The fourth-order valence-electron chi connectivity index (χ4n) is 0.763. The van der Waals surface area contributed by atoms with Crippen LogP contribution in [0.4, 0.5) is 0 Å². The highest BCUT2D eigenvalue weighted by molar-refractivity contribution is 5.09. The molecule has 0 spiro atoms. The highest BCUT2D eigenvalue weighted by Gasteiger charge is 1.71. The smallest absolute Gasteiger partial charge is 0.0540 e. The molecule has 1 heteroatoms. The molecule has 0 aliphatic carbocycles. The van der Waals surface area contributed by atoms with Gasteiger partial charge in [-0.15, -0.1) is 5.92 Å². The molecule has 72 valence electrons. The summed E-state index contributed by atoms with van der Waals surface area (Å²) in [5.74, 6) is 5.81. The first kappa shape index (κ1) is 12.0. The van der Waals surface area contributed by atoms with E-state index < -0.39 is 0 Å². The van der Waals surface area contributed by atoms with Crippen LogP contribution in [0.2, 0.25) is 0 Å². The van der Waals surface area contributed by atoms with Gasteiger partial charge in [0, 0.05) is 12.8 Å². The molecular formula is C12H18O. The molecular weight excluding hydrogens is 160 g/mol. The van der Waals surface area contributed by atoms with Crippen molar-refractivity contribution in [3.8, 4) is 11.8 Å². The highest BCUT2D eigenvalue weighted by atomic mass is 16.2. The van der Waals surface area contributed by atoms with Crippen LogP contribution in [0.15, 0.2) is 24.3 Å². The van der Waals surface area contributed by atoms with E-state index in [1.54, 1.807) is 0 Å². The standard InChI is InChI=1S/C12H18O/c1-2-3-4-5-6-7-8-9-10-11-12-13/h4-7,13H,2-3,8,11-12H2,1H3/b5-4-,7-6-. The number of allylic oxidation sites excluding steroid dienone is 4. The molecule has 1 N–H and O–H groups in total. The lowest BCUT2D eigenvalue weighted by molar-refractivity contribution is 0.305. The Bertz CT molecular complexity index is 203. The first-order chi connectivity index (χ1) is 6.41. The number of hydrogen-bond donors (Lipinski definition) is 1. The molecule has 0 aromatic rings. The van der Waals surface area contributed by atoms with E-state index in [-0.39, 0.29) is 6.61 Å². The van der Waals surface area contributed by atoms with Gasteiger partial charge in [0.1, 0.15) is 0 Å². The van der Waals surface area contributed by atoms with Crippen LogP contribution in [-0.2, 0) is 0 Å². The fourth-order valence-corrected chi connectivity index (χ4v) is 0.763. The predicted molar refractivity (Wildman–Crippen MR) is 57.3 cm³/mol. The van der Waals surface area contributed by atoms with E-state index in [9.17, 15) is 0 Å². The number of rotatable bonds is 5. The summed E-state index contributed by atoms with van der Waals surface area (Å²) in [5, 5.41) is 8.43. The molecule has 0 aromatic carbocycles. The zero-order valence-electron chi connectivity index (χ0n) is 8.29. The first-order valence-electron chi connectivity index (χ1n) is 4.80. The maximum Gasteiger partial charge on any atom is 0.0540 e. The molecule has 0 atom stereocenters. The molecule has 0 aliphatic rings. The summed E-state index contributed by atoms with van der Waals surface area (Å²) in [4.78, 5) is 0. The summed E-state index contributed by atoms with van der Waals surface area (Å²) in [6.07, 6.45) is 11.9. The molecule has 0 heterocycles. The van der Waals surface area contributed by atoms with Gasteiger partial charge in [-0.25, -0.2) is 0 Å². The van der Waals surface area contributed by atoms with E-state index in [0.29, 0.717) is 6.42 Å². The average Bonchev–Trinajstić information content (AvgIpc) is 2.16. The average molecular weight is 178 g/mol. The predicted octanol–water partition coefficient (Wildman–Crippen LogP) is 2.67. The minimum absolute atomic E-state index is 0.160. The second-order valence-corrected chi connectivity index (χ2v) is 2.68. The molecule has 0 bridgehead atoms. The van der Waals surface area contributed by atoms with Crippen LogP contribution < -0.4 is 0 Å². The van der Waals surface area contributed by atoms with Crippen molar-refractivity contribution in [2.45, 2.75) is 32.6 Å². The summed E-state index contributed by atoms with van der Waals surface area (Å²) in [6, 6.07) is 0. The Hall–Kier alpha value is -1.00. The third-order valence-corrected chi connectivity index (χ3v) is 1.42. The van der Waals surface area contributed by atoms with Gasteiger partial charge in [0.25, 0.3) is 0 Å². The zero-order chi connectivity index (χ0) is 9.78. The maximum atomic E-state index is 8.43. The summed E-state index contributed by atoms with van der Waals surface area (Å²) in [5.41, 5.74) is 0. The maximum absolute atomic E-state index is 8.43. The second kappa shape index (κ2) is 11.0. The molecule has 1 nitrogen and oxygen atoms in total. The Balaban J connectivity index is 3.37. The normalized spacial score (nSPS) is 10.6. The number of hydrogen-bond acceptors (Lipinski definition) is 1. The monoisotopic (exact) mass is 178 g/mol.